The maximum atomic E-state index is 12.3. The molecule has 0 unspecified atom stereocenters. The number of methoxy groups -OCH3 is 2. The lowest BCUT2D eigenvalue weighted by molar-refractivity contribution is 0.0943. The van der Waals surface area contributed by atoms with Gasteiger partial charge in [-0.25, -0.2) is 0 Å². The molecular weight excluding hydrogens is 346 g/mol. The van der Waals surface area contributed by atoms with Gasteiger partial charge in [-0.1, -0.05) is 12.1 Å². The van der Waals surface area contributed by atoms with Crippen LogP contribution in [0.4, 0.5) is 0 Å². The zero-order valence-electron chi connectivity index (χ0n) is 15.7. The first kappa shape index (κ1) is 20.4. The molecule has 0 spiro atoms. The van der Waals surface area contributed by atoms with E-state index in [0.29, 0.717) is 38.1 Å². The highest BCUT2D eigenvalue weighted by Gasteiger charge is 2.11. The van der Waals surface area contributed by atoms with Crippen molar-refractivity contribution in [2.24, 2.45) is 0 Å². The van der Waals surface area contributed by atoms with Crippen molar-refractivity contribution >= 4 is 11.8 Å². The summed E-state index contributed by atoms with van der Waals surface area (Å²) >= 11 is 0. The minimum Gasteiger partial charge on any atom is -0.497 e. The van der Waals surface area contributed by atoms with Crippen LogP contribution in [0.25, 0.3) is 0 Å². The lowest BCUT2D eigenvalue weighted by Gasteiger charge is -2.08. The van der Waals surface area contributed by atoms with Crippen molar-refractivity contribution in [1.82, 2.24) is 15.6 Å². The molecule has 7 nitrogen and oxygen atoms in total. The van der Waals surface area contributed by atoms with E-state index in [4.69, 9.17) is 9.47 Å². The molecule has 1 aromatic carbocycles. The first-order chi connectivity index (χ1) is 13.1. The Balaban J connectivity index is 1.83. The van der Waals surface area contributed by atoms with Gasteiger partial charge >= 0.3 is 0 Å². The van der Waals surface area contributed by atoms with Gasteiger partial charge in [-0.15, -0.1) is 0 Å². The summed E-state index contributed by atoms with van der Waals surface area (Å²) in [5.74, 6) is 0.255. The van der Waals surface area contributed by atoms with Crippen LogP contribution in [0, 0.1) is 0 Å². The number of nitrogens with one attached hydrogen (secondary N) is 2. The molecule has 0 aliphatic rings. The number of rotatable bonds is 10. The maximum absolute atomic E-state index is 12.3. The summed E-state index contributed by atoms with van der Waals surface area (Å²) in [4.78, 5) is 28.4. The van der Waals surface area contributed by atoms with Crippen LogP contribution in [0.1, 0.15) is 32.8 Å². The molecule has 0 aliphatic carbocycles. The standard InChI is InChI=1S/C20H25N3O4/c1-26-13-3-10-22-20(25)18-14-16(9-12-21-18)19(24)23-11-8-15-4-6-17(27-2)7-5-15/h4-7,9,12,14H,3,8,10-11,13H2,1-2H3,(H,22,25)(H,23,24). The van der Waals surface area contributed by atoms with Gasteiger partial charge in [0, 0.05) is 38.6 Å². The summed E-state index contributed by atoms with van der Waals surface area (Å²) in [5, 5.41) is 5.61. The summed E-state index contributed by atoms with van der Waals surface area (Å²) in [5.41, 5.74) is 1.72. The average Bonchev–Trinajstić information content (AvgIpc) is 2.71. The number of hydrogen-bond donors (Lipinski definition) is 2. The zero-order valence-corrected chi connectivity index (χ0v) is 15.7. The Kier molecular flexibility index (Phi) is 8.25. The number of ether oxygens (including phenoxy) is 2. The normalized spacial score (nSPS) is 10.3. The van der Waals surface area contributed by atoms with E-state index >= 15 is 0 Å². The van der Waals surface area contributed by atoms with E-state index in [1.54, 1.807) is 20.3 Å². The van der Waals surface area contributed by atoms with E-state index < -0.39 is 0 Å². The molecule has 0 atom stereocenters. The zero-order chi connectivity index (χ0) is 19.5. The molecule has 2 amide bonds. The Morgan fingerprint density at radius 1 is 1.00 bits per heavy atom. The summed E-state index contributed by atoms with van der Waals surface area (Å²) in [7, 11) is 3.23. The molecule has 0 bridgehead atoms. The molecule has 0 fully saturated rings. The highest BCUT2D eigenvalue weighted by atomic mass is 16.5. The molecule has 0 radical (unpaired) electrons. The summed E-state index contributed by atoms with van der Waals surface area (Å²) in [6.07, 6.45) is 2.88. The van der Waals surface area contributed by atoms with Gasteiger partial charge in [0.25, 0.3) is 11.8 Å². The molecule has 0 saturated carbocycles. The highest BCUT2D eigenvalue weighted by Crippen LogP contribution is 2.11. The fourth-order valence-corrected chi connectivity index (χ4v) is 2.42. The SMILES string of the molecule is COCCCNC(=O)c1cc(C(=O)NCCc2ccc(OC)cc2)ccn1. The van der Waals surface area contributed by atoms with Gasteiger partial charge in [-0.05, 0) is 42.7 Å². The number of amides is 2. The number of hydrogen-bond acceptors (Lipinski definition) is 5. The third-order valence-electron chi connectivity index (χ3n) is 3.92. The Hall–Kier alpha value is -2.93. The van der Waals surface area contributed by atoms with Crippen LogP contribution < -0.4 is 15.4 Å². The van der Waals surface area contributed by atoms with Crippen molar-refractivity contribution < 1.29 is 19.1 Å². The Morgan fingerprint density at radius 2 is 1.74 bits per heavy atom. The second-order valence-corrected chi connectivity index (χ2v) is 5.89. The minimum absolute atomic E-state index is 0.218. The van der Waals surface area contributed by atoms with Crippen molar-refractivity contribution in [3.63, 3.8) is 0 Å². The van der Waals surface area contributed by atoms with Crippen molar-refractivity contribution in [3.8, 4) is 5.75 Å². The largest absolute Gasteiger partial charge is 0.497 e. The molecule has 0 aliphatic heterocycles. The van der Waals surface area contributed by atoms with Gasteiger partial charge in [0.1, 0.15) is 11.4 Å². The number of benzene rings is 1. The van der Waals surface area contributed by atoms with Crippen molar-refractivity contribution in [3.05, 3.63) is 59.4 Å². The van der Waals surface area contributed by atoms with Crippen LogP contribution >= 0.6 is 0 Å². The second-order valence-electron chi connectivity index (χ2n) is 5.89. The molecule has 1 aromatic heterocycles. The Bertz CT molecular complexity index is 747. The van der Waals surface area contributed by atoms with Gasteiger partial charge in [-0.3, -0.25) is 14.6 Å². The van der Waals surface area contributed by atoms with Crippen molar-refractivity contribution in [1.29, 1.82) is 0 Å². The predicted molar refractivity (Wildman–Crippen MR) is 102 cm³/mol. The number of aromatic nitrogens is 1. The smallest absolute Gasteiger partial charge is 0.269 e. The van der Waals surface area contributed by atoms with Gasteiger partial charge in [0.15, 0.2) is 0 Å². The topological polar surface area (TPSA) is 89.5 Å². The van der Waals surface area contributed by atoms with Crippen molar-refractivity contribution in [2.45, 2.75) is 12.8 Å². The molecule has 2 rings (SSSR count). The van der Waals surface area contributed by atoms with Crippen LogP contribution in [0.3, 0.4) is 0 Å². The molecule has 27 heavy (non-hydrogen) atoms. The summed E-state index contributed by atoms with van der Waals surface area (Å²) in [6.45, 7) is 1.56. The molecular formula is C20H25N3O4. The van der Waals surface area contributed by atoms with Gasteiger partial charge in [-0.2, -0.15) is 0 Å². The minimum atomic E-state index is -0.306. The Labute approximate surface area is 159 Å². The average molecular weight is 371 g/mol. The Morgan fingerprint density at radius 3 is 2.44 bits per heavy atom. The summed E-state index contributed by atoms with van der Waals surface area (Å²) < 4.78 is 10.1. The third-order valence-corrected chi connectivity index (χ3v) is 3.92. The number of pyridine rings is 1. The van der Waals surface area contributed by atoms with E-state index in [1.807, 2.05) is 24.3 Å². The molecule has 1 heterocycles. The number of carbonyl (C=O) groups excluding carboxylic acids is 2. The lowest BCUT2D eigenvalue weighted by atomic mass is 10.1. The molecule has 144 valence electrons. The predicted octanol–water partition coefficient (Wildman–Crippen LogP) is 1.83. The number of nitrogens with zero attached hydrogens (tertiary/aromatic N) is 1. The van der Waals surface area contributed by atoms with E-state index in [-0.39, 0.29) is 17.5 Å². The first-order valence-electron chi connectivity index (χ1n) is 8.78. The fraction of sp³-hybridized carbons (Fsp3) is 0.350. The van der Waals surface area contributed by atoms with Crippen LogP contribution in [0.15, 0.2) is 42.6 Å². The summed E-state index contributed by atoms with van der Waals surface area (Å²) in [6, 6.07) is 10.8. The van der Waals surface area contributed by atoms with Crippen LogP contribution in [-0.2, 0) is 11.2 Å². The molecule has 7 heteroatoms. The first-order valence-corrected chi connectivity index (χ1v) is 8.78. The van der Waals surface area contributed by atoms with Crippen LogP contribution in [-0.4, -0.2) is 50.7 Å². The van der Waals surface area contributed by atoms with Gasteiger partial charge < -0.3 is 20.1 Å². The van der Waals surface area contributed by atoms with E-state index in [2.05, 4.69) is 15.6 Å². The van der Waals surface area contributed by atoms with E-state index in [9.17, 15) is 9.59 Å². The molecule has 2 N–H and O–H groups in total. The van der Waals surface area contributed by atoms with Crippen molar-refractivity contribution in [2.75, 3.05) is 33.9 Å². The fourth-order valence-electron chi connectivity index (χ4n) is 2.42. The highest BCUT2D eigenvalue weighted by molar-refractivity contribution is 5.98. The van der Waals surface area contributed by atoms with E-state index in [1.165, 1.54) is 12.3 Å². The van der Waals surface area contributed by atoms with E-state index in [0.717, 1.165) is 11.3 Å². The van der Waals surface area contributed by atoms with Gasteiger partial charge in [0.05, 0.1) is 7.11 Å². The van der Waals surface area contributed by atoms with Crippen LogP contribution in [0.2, 0.25) is 0 Å². The molecule has 0 saturated heterocycles. The maximum Gasteiger partial charge on any atom is 0.269 e. The second kappa shape index (κ2) is 10.9. The van der Waals surface area contributed by atoms with Crippen LogP contribution in [0.5, 0.6) is 5.75 Å². The lowest BCUT2D eigenvalue weighted by Crippen LogP contribution is -2.28. The molecule has 2 aromatic rings. The number of carbonyl (C=O) groups is 2. The monoisotopic (exact) mass is 371 g/mol. The van der Waals surface area contributed by atoms with Gasteiger partial charge in [0.2, 0.25) is 0 Å². The quantitative estimate of drug-likeness (QED) is 0.622. The third kappa shape index (κ3) is 6.71.